The molecule has 106 valence electrons. The smallest absolute Gasteiger partial charge is 0.144 e. The predicted molar refractivity (Wildman–Crippen MR) is 74.6 cm³/mol. The monoisotopic (exact) mass is 266 g/mol. The molecule has 0 saturated carbocycles. The Morgan fingerprint density at radius 2 is 1.89 bits per heavy atom. The normalized spacial score (nSPS) is 12.4. The van der Waals surface area contributed by atoms with Crippen LogP contribution in [0.2, 0.25) is 0 Å². The van der Waals surface area contributed by atoms with Crippen molar-refractivity contribution in [3.8, 4) is 5.75 Å². The third kappa shape index (κ3) is 5.61. The van der Waals surface area contributed by atoms with Crippen molar-refractivity contribution in [1.82, 2.24) is 0 Å². The van der Waals surface area contributed by atoms with Gasteiger partial charge in [-0.05, 0) is 18.6 Å². The van der Waals surface area contributed by atoms with Crippen molar-refractivity contribution in [2.24, 2.45) is 16.3 Å². The van der Waals surface area contributed by atoms with Gasteiger partial charge in [-0.25, -0.2) is 0 Å². The summed E-state index contributed by atoms with van der Waals surface area (Å²) >= 11 is 0. The number of nitrogens with zero attached hydrogens (tertiary/aromatic N) is 1. The number of hydrogen-bond donors (Lipinski definition) is 2. The van der Waals surface area contributed by atoms with Crippen LogP contribution in [0.25, 0.3) is 0 Å². The average molecular weight is 266 g/mol. The number of rotatable bonds is 8. The quantitative estimate of drug-likeness (QED) is 0.249. The average Bonchev–Trinajstić information content (AvgIpc) is 2.42. The molecule has 0 aliphatic heterocycles. The van der Waals surface area contributed by atoms with E-state index in [1.807, 2.05) is 44.2 Å². The zero-order valence-corrected chi connectivity index (χ0v) is 11.5. The molecule has 0 aromatic heterocycles. The summed E-state index contributed by atoms with van der Waals surface area (Å²) in [4.78, 5) is 0. The van der Waals surface area contributed by atoms with Gasteiger partial charge in [-0.15, -0.1) is 0 Å². The fourth-order valence-corrected chi connectivity index (χ4v) is 1.43. The minimum atomic E-state index is -0.366. The minimum Gasteiger partial charge on any atom is -0.491 e. The molecule has 0 bridgehead atoms. The van der Waals surface area contributed by atoms with Crippen LogP contribution in [-0.2, 0) is 4.74 Å². The molecule has 0 aliphatic carbocycles. The molecule has 19 heavy (non-hydrogen) atoms. The molecule has 1 aromatic carbocycles. The Morgan fingerprint density at radius 1 is 1.21 bits per heavy atom. The number of nitrogens with two attached hydrogens (primary N) is 1. The van der Waals surface area contributed by atoms with Gasteiger partial charge in [0.2, 0.25) is 0 Å². The van der Waals surface area contributed by atoms with Gasteiger partial charge < -0.3 is 20.4 Å². The fraction of sp³-hybridized carbons (Fsp3) is 0.500. The molecule has 0 amide bonds. The zero-order chi connectivity index (χ0) is 14.1. The second-order valence-corrected chi connectivity index (χ2v) is 4.89. The van der Waals surface area contributed by atoms with E-state index < -0.39 is 0 Å². The van der Waals surface area contributed by atoms with Crippen molar-refractivity contribution in [1.29, 1.82) is 0 Å². The predicted octanol–water partition coefficient (Wildman–Crippen LogP) is 2.24. The van der Waals surface area contributed by atoms with Crippen LogP contribution in [0.5, 0.6) is 5.75 Å². The summed E-state index contributed by atoms with van der Waals surface area (Å²) in [6.07, 6.45) is 0.689. The third-order valence-electron chi connectivity index (χ3n) is 2.91. The van der Waals surface area contributed by atoms with Crippen molar-refractivity contribution < 1.29 is 14.7 Å². The van der Waals surface area contributed by atoms with Crippen molar-refractivity contribution in [3.05, 3.63) is 30.3 Å². The summed E-state index contributed by atoms with van der Waals surface area (Å²) in [5.41, 5.74) is 5.22. The molecular formula is C14H22N2O3. The fourth-order valence-electron chi connectivity index (χ4n) is 1.43. The van der Waals surface area contributed by atoms with Crippen molar-refractivity contribution in [2.45, 2.75) is 20.3 Å². The molecule has 0 atom stereocenters. The van der Waals surface area contributed by atoms with Crippen LogP contribution in [0.3, 0.4) is 0 Å². The van der Waals surface area contributed by atoms with Gasteiger partial charge in [0.05, 0.1) is 6.61 Å². The van der Waals surface area contributed by atoms with Crippen LogP contribution in [0, 0.1) is 5.41 Å². The Balaban J connectivity index is 2.12. The van der Waals surface area contributed by atoms with Crippen molar-refractivity contribution >= 4 is 5.84 Å². The molecule has 0 spiro atoms. The number of amidine groups is 1. The highest BCUT2D eigenvalue weighted by molar-refractivity contribution is 5.85. The lowest BCUT2D eigenvalue weighted by atomic mass is 9.88. The maximum Gasteiger partial charge on any atom is 0.144 e. The van der Waals surface area contributed by atoms with Gasteiger partial charge in [0.15, 0.2) is 0 Å². The molecule has 1 rings (SSSR count). The van der Waals surface area contributed by atoms with E-state index in [-0.39, 0.29) is 11.3 Å². The SMILES string of the molecule is CC(C)(CCOCCOc1ccccc1)C(N)=NO. The number of ether oxygens (including phenoxy) is 2. The van der Waals surface area contributed by atoms with Gasteiger partial charge >= 0.3 is 0 Å². The Kier molecular flexibility index (Phi) is 6.15. The highest BCUT2D eigenvalue weighted by atomic mass is 16.5. The van der Waals surface area contributed by atoms with Gasteiger partial charge in [-0.3, -0.25) is 0 Å². The Hall–Kier alpha value is -1.75. The lowest BCUT2D eigenvalue weighted by Crippen LogP contribution is -2.33. The lowest BCUT2D eigenvalue weighted by molar-refractivity contribution is 0.0872. The topological polar surface area (TPSA) is 77.1 Å². The lowest BCUT2D eigenvalue weighted by Gasteiger charge is -2.22. The van der Waals surface area contributed by atoms with Crippen LogP contribution in [0.1, 0.15) is 20.3 Å². The first-order valence-corrected chi connectivity index (χ1v) is 6.30. The van der Waals surface area contributed by atoms with Crippen LogP contribution in [-0.4, -0.2) is 30.9 Å². The van der Waals surface area contributed by atoms with Gasteiger partial charge in [-0.2, -0.15) is 0 Å². The molecule has 0 radical (unpaired) electrons. The Labute approximate surface area is 114 Å². The molecule has 0 fully saturated rings. The second kappa shape index (κ2) is 7.63. The second-order valence-electron chi connectivity index (χ2n) is 4.89. The van der Waals surface area contributed by atoms with Crippen LogP contribution in [0.4, 0.5) is 0 Å². The number of hydrogen-bond acceptors (Lipinski definition) is 4. The van der Waals surface area contributed by atoms with E-state index in [2.05, 4.69) is 5.16 Å². The molecular weight excluding hydrogens is 244 g/mol. The van der Waals surface area contributed by atoms with Gasteiger partial charge in [0.1, 0.15) is 18.2 Å². The third-order valence-corrected chi connectivity index (χ3v) is 2.91. The first-order chi connectivity index (χ1) is 9.06. The Bertz CT molecular complexity index is 391. The summed E-state index contributed by atoms with van der Waals surface area (Å²) in [7, 11) is 0. The maximum absolute atomic E-state index is 8.64. The number of para-hydroxylation sites is 1. The molecule has 0 saturated heterocycles. The highest BCUT2D eigenvalue weighted by Gasteiger charge is 2.23. The Morgan fingerprint density at radius 3 is 2.53 bits per heavy atom. The summed E-state index contributed by atoms with van der Waals surface area (Å²) in [6.45, 7) is 5.38. The minimum absolute atomic E-state index is 0.219. The molecule has 0 aliphatic rings. The first-order valence-electron chi connectivity index (χ1n) is 6.30. The largest absolute Gasteiger partial charge is 0.491 e. The molecule has 0 heterocycles. The molecule has 1 aromatic rings. The van der Waals surface area contributed by atoms with Crippen LogP contribution in [0.15, 0.2) is 35.5 Å². The van der Waals surface area contributed by atoms with E-state index in [1.165, 1.54) is 0 Å². The summed E-state index contributed by atoms with van der Waals surface area (Å²) in [5.74, 6) is 1.06. The van der Waals surface area contributed by atoms with E-state index in [1.54, 1.807) is 0 Å². The number of benzene rings is 1. The van der Waals surface area contributed by atoms with Crippen molar-refractivity contribution in [3.63, 3.8) is 0 Å². The van der Waals surface area contributed by atoms with Gasteiger partial charge in [0, 0.05) is 12.0 Å². The highest BCUT2D eigenvalue weighted by Crippen LogP contribution is 2.20. The first kappa shape index (κ1) is 15.3. The van der Waals surface area contributed by atoms with E-state index in [4.69, 9.17) is 20.4 Å². The van der Waals surface area contributed by atoms with Gasteiger partial charge in [0.25, 0.3) is 0 Å². The van der Waals surface area contributed by atoms with Crippen molar-refractivity contribution in [2.75, 3.05) is 19.8 Å². The van der Waals surface area contributed by atoms with E-state index >= 15 is 0 Å². The molecule has 5 heteroatoms. The summed E-state index contributed by atoms with van der Waals surface area (Å²) < 4.78 is 11.0. The summed E-state index contributed by atoms with van der Waals surface area (Å²) in [5, 5.41) is 11.7. The standard InChI is InChI=1S/C14H22N2O3/c1-14(2,13(15)16-17)8-9-18-10-11-19-12-6-4-3-5-7-12/h3-7,17H,8-11H2,1-2H3,(H2,15,16). The van der Waals surface area contributed by atoms with E-state index in [0.29, 0.717) is 26.2 Å². The van der Waals surface area contributed by atoms with Crippen LogP contribution < -0.4 is 10.5 Å². The van der Waals surface area contributed by atoms with E-state index in [0.717, 1.165) is 5.75 Å². The molecule has 0 unspecified atom stereocenters. The summed E-state index contributed by atoms with van der Waals surface area (Å²) in [6, 6.07) is 9.60. The maximum atomic E-state index is 8.64. The van der Waals surface area contributed by atoms with Crippen LogP contribution >= 0.6 is 0 Å². The molecule has 5 nitrogen and oxygen atoms in total. The zero-order valence-electron chi connectivity index (χ0n) is 11.5. The van der Waals surface area contributed by atoms with E-state index in [9.17, 15) is 0 Å². The number of oxime groups is 1. The van der Waals surface area contributed by atoms with Gasteiger partial charge in [-0.1, -0.05) is 37.2 Å². The molecule has 3 N–H and O–H groups in total.